The maximum atomic E-state index is 11.8. The highest BCUT2D eigenvalue weighted by atomic mass is 16.6. The normalized spacial score (nSPS) is 12.4. The largest absolute Gasteiger partial charge is 0.490 e. The van der Waals surface area contributed by atoms with Gasteiger partial charge >= 0.3 is 11.9 Å². The van der Waals surface area contributed by atoms with Gasteiger partial charge in [-0.2, -0.15) is 0 Å². The molecule has 0 atom stereocenters. The Balaban J connectivity index is 1.56. The molecule has 0 amide bonds. The Hall–Kier alpha value is -5.18. The number of benzene rings is 4. The molecule has 242 valence electrons. The monoisotopic (exact) mass is 632 g/mol. The van der Waals surface area contributed by atoms with Crippen LogP contribution in [-0.4, -0.2) is 38.4 Å². The van der Waals surface area contributed by atoms with Crippen molar-refractivity contribution in [3.63, 3.8) is 0 Å². The Labute approximate surface area is 275 Å². The lowest BCUT2D eigenvalue weighted by Crippen LogP contribution is -2.29. The minimum Gasteiger partial charge on any atom is -0.490 e. The van der Waals surface area contributed by atoms with Gasteiger partial charge in [0.2, 0.25) is 0 Å². The molecule has 1 aliphatic rings. The van der Waals surface area contributed by atoms with Crippen LogP contribution in [0.15, 0.2) is 109 Å². The summed E-state index contributed by atoms with van der Waals surface area (Å²) in [7, 11) is 0. The van der Waals surface area contributed by atoms with Gasteiger partial charge in [-0.1, -0.05) is 73.8 Å². The molecule has 8 heteroatoms. The molecule has 0 spiro atoms. The van der Waals surface area contributed by atoms with E-state index in [4.69, 9.17) is 30.4 Å². The van der Waals surface area contributed by atoms with Crippen molar-refractivity contribution >= 4 is 11.9 Å². The quantitative estimate of drug-likeness (QED) is 0.0873. The standard InChI is InChI=1S/C39H40N2O6/c1-25(2)37(42)46-19-17-44-35-15-13-29(21-27(35)23-40)39(33-11-7-5-9-31(33)32-10-6-8-12-34(32)39)30-14-16-36(28(22-30)24-41)45-18-20-47-38(43)26(3)4/h5-16,21-22H,1,3,17-20,23-24,40-41H2,2,4H3. The lowest BCUT2D eigenvalue weighted by molar-refractivity contribution is -0.140. The summed E-state index contributed by atoms with van der Waals surface area (Å²) in [5.41, 5.74) is 20.8. The Morgan fingerprint density at radius 2 is 1.02 bits per heavy atom. The van der Waals surface area contributed by atoms with Gasteiger partial charge in [0.25, 0.3) is 0 Å². The number of fused-ring (bicyclic) bond motifs is 3. The summed E-state index contributed by atoms with van der Waals surface area (Å²) < 4.78 is 22.4. The zero-order chi connectivity index (χ0) is 33.6. The predicted molar refractivity (Wildman–Crippen MR) is 182 cm³/mol. The summed E-state index contributed by atoms with van der Waals surface area (Å²) in [6.07, 6.45) is 0. The Bertz CT molecular complexity index is 1700. The fourth-order valence-electron chi connectivity index (χ4n) is 6.07. The smallest absolute Gasteiger partial charge is 0.333 e. The number of hydrogen-bond donors (Lipinski definition) is 2. The van der Waals surface area contributed by atoms with E-state index in [2.05, 4.69) is 86.0 Å². The molecule has 4 aromatic carbocycles. The van der Waals surface area contributed by atoms with Crippen LogP contribution < -0.4 is 20.9 Å². The Morgan fingerprint density at radius 3 is 1.40 bits per heavy atom. The lowest BCUT2D eigenvalue weighted by Gasteiger charge is -2.35. The molecular weight excluding hydrogens is 592 g/mol. The maximum Gasteiger partial charge on any atom is 0.333 e. The zero-order valence-corrected chi connectivity index (χ0v) is 26.8. The average Bonchev–Trinajstić information content (AvgIpc) is 3.39. The van der Waals surface area contributed by atoms with E-state index in [-0.39, 0.29) is 39.5 Å². The highest BCUT2D eigenvalue weighted by Gasteiger charge is 2.46. The summed E-state index contributed by atoms with van der Waals surface area (Å²) in [5.74, 6) is 0.332. The van der Waals surface area contributed by atoms with E-state index in [0.717, 1.165) is 44.5 Å². The number of carbonyl (C=O) groups excluding carboxylic acids is 2. The number of esters is 2. The lowest BCUT2D eigenvalue weighted by atomic mass is 9.67. The second-order valence-corrected chi connectivity index (χ2v) is 11.4. The van der Waals surface area contributed by atoms with Gasteiger partial charge in [-0.25, -0.2) is 9.59 Å². The van der Waals surface area contributed by atoms with Gasteiger partial charge in [0.1, 0.15) is 37.9 Å². The SMILES string of the molecule is C=C(C)C(=O)OCCOc1ccc(C2(c3ccc(OCCOC(=O)C(=C)C)c(CN)c3)c3ccccc3-c3ccccc32)cc1CN. The molecule has 47 heavy (non-hydrogen) atoms. The van der Waals surface area contributed by atoms with Crippen molar-refractivity contribution in [2.75, 3.05) is 26.4 Å². The molecule has 0 bridgehead atoms. The van der Waals surface area contributed by atoms with Crippen LogP contribution >= 0.6 is 0 Å². The third kappa shape index (κ3) is 6.56. The molecule has 0 saturated carbocycles. The molecule has 1 aliphatic carbocycles. The van der Waals surface area contributed by atoms with Crippen molar-refractivity contribution in [1.29, 1.82) is 0 Å². The molecule has 0 unspecified atom stereocenters. The van der Waals surface area contributed by atoms with Gasteiger partial charge in [0, 0.05) is 35.4 Å². The van der Waals surface area contributed by atoms with Crippen molar-refractivity contribution < 1.29 is 28.5 Å². The van der Waals surface area contributed by atoms with Crippen LogP contribution in [0.4, 0.5) is 0 Å². The average molecular weight is 633 g/mol. The highest BCUT2D eigenvalue weighted by Crippen LogP contribution is 2.56. The van der Waals surface area contributed by atoms with Crippen LogP contribution in [0.25, 0.3) is 11.1 Å². The van der Waals surface area contributed by atoms with Crippen LogP contribution in [0, 0.1) is 0 Å². The number of nitrogens with two attached hydrogens (primary N) is 2. The first-order chi connectivity index (χ1) is 22.7. The zero-order valence-electron chi connectivity index (χ0n) is 26.8. The molecule has 0 aliphatic heterocycles. The van der Waals surface area contributed by atoms with Crippen LogP contribution in [0.5, 0.6) is 11.5 Å². The van der Waals surface area contributed by atoms with Gasteiger partial charge in [0.15, 0.2) is 0 Å². The van der Waals surface area contributed by atoms with Crippen molar-refractivity contribution in [1.82, 2.24) is 0 Å². The van der Waals surface area contributed by atoms with E-state index < -0.39 is 17.4 Å². The van der Waals surface area contributed by atoms with Crippen LogP contribution in [0.3, 0.4) is 0 Å². The first-order valence-electron chi connectivity index (χ1n) is 15.5. The Morgan fingerprint density at radius 1 is 0.617 bits per heavy atom. The first-order valence-corrected chi connectivity index (χ1v) is 15.5. The van der Waals surface area contributed by atoms with Gasteiger partial charge in [-0.3, -0.25) is 0 Å². The molecule has 8 nitrogen and oxygen atoms in total. The van der Waals surface area contributed by atoms with Crippen LogP contribution in [-0.2, 0) is 37.6 Å². The van der Waals surface area contributed by atoms with Crippen molar-refractivity contribution in [2.24, 2.45) is 11.5 Å². The molecule has 0 fully saturated rings. The van der Waals surface area contributed by atoms with Gasteiger partial charge < -0.3 is 30.4 Å². The molecular formula is C39H40N2O6. The van der Waals surface area contributed by atoms with Crippen LogP contribution in [0.1, 0.15) is 47.2 Å². The predicted octanol–water partition coefficient (Wildman–Crippen LogP) is 5.96. The summed E-state index contributed by atoms with van der Waals surface area (Å²) in [4.78, 5) is 23.6. The minimum atomic E-state index is -0.702. The molecule has 4 aromatic rings. The molecule has 0 radical (unpaired) electrons. The van der Waals surface area contributed by atoms with E-state index >= 15 is 0 Å². The summed E-state index contributed by atoms with van der Waals surface area (Å²) in [6, 6.07) is 29.0. The summed E-state index contributed by atoms with van der Waals surface area (Å²) in [6.45, 7) is 11.4. The van der Waals surface area contributed by atoms with E-state index in [9.17, 15) is 9.59 Å². The molecule has 5 rings (SSSR count). The van der Waals surface area contributed by atoms with E-state index in [1.165, 1.54) is 0 Å². The topological polar surface area (TPSA) is 123 Å². The molecule has 0 heterocycles. The van der Waals surface area contributed by atoms with E-state index in [1.54, 1.807) is 13.8 Å². The molecule has 0 aromatic heterocycles. The number of hydrogen-bond acceptors (Lipinski definition) is 8. The molecule has 4 N–H and O–H groups in total. The second kappa shape index (κ2) is 14.5. The number of rotatable bonds is 14. The fourth-order valence-corrected chi connectivity index (χ4v) is 6.07. The van der Waals surface area contributed by atoms with E-state index in [1.807, 2.05) is 12.1 Å². The summed E-state index contributed by atoms with van der Waals surface area (Å²) >= 11 is 0. The molecule has 0 saturated heterocycles. The highest BCUT2D eigenvalue weighted by molar-refractivity contribution is 5.88. The van der Waals surface area contributed by atoms with Gasteiger partial charge in [-0.05, 0) is 71.5 Å². The van der Waals surface area contributed by atoms with Crippen molar-refractivity contribution in [2.45, 2.75) is 32.4 Å². The summed E-state index contributed by atoms with van der Waals surface area (Å²) in [5, 5.41) is 0. The third-order valence-electron chi connectivity index (χ3n) is 8.22. The number of ether oxygens (including phenoxy) is 4. The first kappa shape index (κ1) is 33.2. The fraction of sp³-hybridized carbons (Fsp3) is 0.231. The van der Waals surface area contributed by atoms with Crippen molar-refractivity contribution in [3.05, 3.63) is 143 Å². The minimum absolute atomic E-state index is 0.0920. The third-order valence-corrected chi connectivity index (χ3v) is 8.22. The maximum absolute atomic E-state index is 11.8. The van der Waals surface area contributed by atoms with Crippen molar-refractivity contribution in [3.8, 4) is 22.6 Å². The van der Waals surface area contributed by atoms with E-state index in [0.29, 0.717) is 22.6 Å². The van der Waals surface area contributed by atoms with Crippen LogP contribution in [0.2, 0.25) is 0 Å². The Kier molecular flexibility index (Phi) is 10.2. The van der Waals surface area contributed by atoms with Gasteiger partial charge in [-0.15, -0.1) is 0 Å². The number of carbonyl (C=O) groups is 2. The van der Waals surface area contributed by atoms with Gasteiger partial charge in [0.05, 0.1) is 5.41 Å². The second-order valence-electron chi connectivity index (χ2n) is 11.4.